The van der Waals surface area contributed by atoms with Gasteiger partial charge in [-0.2, -0.15) is 0 Å². The Bertz CT molecular complexity index is 366. The average Bonchev–Trinajstić information content (AvgIpc) is 2.71. The summed E-state index contributed by atoms with van der Waals surface area (Å²) in [5, 5.41) is 2.87. The molecule has 4 nitrogen and oxygen atoms in total. The first-order chi connectivity index (χ1) is 7.72. The van der Waals surface area contributed by atoms with Gasteiger partial charge in [-0.3, -0.25) is 0 Å². The molecule has 0 spiro atoms. The van der Waals surface area contributed by atoms with E-state index in [0.29, 0.717) is 13.1 Å². The summed E-state index contributed by atoms with van der Waals surface area (Å²) in [5.41, 5.74) is 6.70. The Balaban J connectivity index is 2.11. The number of nitrogens with two attached hydrogens (primary N) is 1. The maximum Gasteiger partial charge on any atom is 0.318 e. The third kappa shape index (κ3) is 2.02. The van der Waals surface area contributed by atoms with Crippen molar-refractivity contribution in [1.82, 2.24) is 10.2 Å². The Morgan fingerprint density at radius 3 is 2.75 bits per heavy atom. The molecule has 1 aromatic rings. The van der Waals surface area contributed by atoms with Gasteiger partial charge in [-0.1, -0.05) is 30.3 Å². The average molecular weight is 219 g/mol. The van der Waals surface area contributed by atoms with Crippen LogP contribution in [0, 0.1) is 0 Å². The second-order valence-electron chi connectivity index (χ2n) is 4.12. The Morgan fingerprint density at radius 2 is 2.19 bits per heavy atom. The zero-order valence-electron chi connectivity index (χ0n) is 9.39. The summed E-state index contributed by atoms with van der Waals surface area (Å²) < 4.78 is 0. The highest BCUT2D eigenvalue weighted by Gasteiger charge is 2.31. The summed E-state index contributed by atoms with van der Waals surface area (Å²) in [4.78, 5) is 13.5. The number of rotatable bonds is 3. The minimum atomic E-state index is -0.0215. The quantitative estimate of drug-likeness (QED) is 0.799. The standard InChI is InChI=1S/C12H17N3O/c1-9(10-5-3-2-4-6-10)15-8-11(7-13)14-12(15)16/h2-6,9,11H,7-8,13H2,1H3,(H,14,16). The van der Waals surface area contributed by atoms with Gasteiger partial charge in [0.2, 0.25) is 0 Å². The van der Waals surface area contributed by atoms with Gasteiger partial charge >= 0.3 is 6.03 Å². The van der Waals surface area contributed by atoms with Crippen molar-refractivity contribution in [3.63, 3.8) is 0 Å². The van der Waals surface area contributed by atoms with E-state index in [1.54, 1.807) is 0 Å². The van der Waals surface area contributed by atoms with Crippen molar-refractivity contribution in [2.24, 2.45) is 5.73 Å². The third-order valence-electron chi connectivity index (χ3n) is 3.04. The van der Waals surface area contributed by atoms with Crippen LogP contribution in [0.4, 0.5) is 4.79 Å². The summed E-state index contributed by atoms with van der Waals surface area (Å²) in [6.07, 6.45) is 0. The number of carbonyl (C=O) groups excluding carboxylic acids is 1. The molecule has 2 rings (SSSR count). The van der Waals surface area contributed by atoms with Crippen molar-refractivity contribution in [1.29, 1.82) is 0 Å². The molecule has 3 N–H and O–H groups in total. The fraction of sp³-hybridized carbons (Fsp3) is 0.417. The molecular formula is C12H17N3O. The molecule has 0 saturated carbocycles. The zero-order chi connectivity index (χ0) is 11.5. The van der Waals surface area contributed by atoms with Gasteiger partial charge < -0.3 is 16.0 Å². The van der Waals surface area contributed by atoms with Crippen LogP contribution < -0.4 is 11.1 Å². The highest BCUT2D eigenvalue weighted by molar-refractivity contribution is 5.77. The molecule has 0 radical (unpaired) electrons. The predicted octanol–water partition coefficient (Wildman–Crippen LogP) is 1.10. The second kappa shape index (κ2) is 4.53. The summed E-state index contributed by atoms with van der Waals surface area (Å²) in [5.74, 6) is 0. The number of hydrogen-bond acceptors (Lipinski definition) is 2. The van der Waals surface area contributed by atoms with Gasteiger partial charge in [-0.15, -0.1) is 0 Å². The van der Waals surface area contributed by atoms with Crippen LogP contribution in [0.2, 0.25) is 0 Å². The lowest BCUT2D eigenvalue weighted by Gasteiger charge is -2.23. The predicted molar refractivity (Wildman–Crippen MR) is 62.9 cm³/mol. The molecule has 1 aromatic carbocycles. The molecule has 0 aliphatic carbocycles. The minimum Gasteiger partial charge on any atom is -0.332 e. The van der Waals surface area contributed by atoms with Crippen LogP contribution in [0.3, 0.4) is 0 Å². The molecule has 2 amide bonds. The van der Waals surface area contributed by atoms with Crippen LogP contribution in [0.5, 0.6) is 0 Å². The van der Waals surface area contributed by atoms with Crippen molar-refractivity contribution in [2.45, 2.75) is 19.0 Å². The Kier molecular flexibility index (Phi) is 3.10. The highest BCUT2D eigenvalue weighted by atomic mass is 16.2. The van der Waals surface area contributed by atoms with Crippen LogP contribution in [-0.2, 0) is 0 Å². The molecule has 16 heavy (non-hydrogen) atoms. The molecule has 4 heteroatoms. The monoisotopic (exact) mass is 219 g/mol. The normalized spacial score (nSPS) is 22.0. The molecule has 0 bridgehead atoms. The van der Waals surface area contributed by atoms with E-state index in [1.165, 1.54) is 0 Å². The lowest BCUT2D eigenvalue weighted by Crippen LogP contribution is -2.33. The van der Waals surface area contributed by atoms with Gasteiger partial charge in [0.15, 0.2) is 0 Å². The van der Waals surface area contributed by atoms with Gasteiger partial charge in [0.25, 0.3) is 0 Å². The van der Waals surface area contributed by atoms with Crippen molar-refractivity contribution >= 4 is 6.03 Å². The zero-order valence-corrected chi connectivity index (χ0v) is 9.39. The summed E-state index contributed by atoms with van der Waals surface area (Å²) in [6.45, 7) is 3.21. The van der Waals surface area contributed by atoms with Crippen LogP contribution in [0.1, 0.15) is 18.5 Å². The molecule has 1 saturated heterocycles. The van der Waals surface area contributed by atoms with Crippen LogP contribution >= 0.6 is 0 Å². The maximum absolute atomic E-state index is 11.7. The number of nitrogens with one attached hydrogen (secondary N) is 1. The van der Waals surface area contributed by atoms with E-state index in [9.17, 15) is 4.79 Å². The van der Waals surface area contributed by atoms with Gasteiger partial charge in [0.1, 0.15) is 0 Å². The summed E-state index contributed by atoms with van der Waals surface area (Å²) in [7, 11) is 0. The molecule has 1 fully saturated rings. The second-order valence-corrected chi connectivity index (χ2v) is 4.12. The van der Waals surface area contributed by atoms with E-state index in [4.69, 9.17) is 5.73 Å². The topological polar surface area (TPSA) is 58.4 Å². The first-order valence-electron chi connectivity index (χ1n) is 5.54. The smallest absolute Gasteiger partial charge is 0.318 e. The van der Waals surface area contributed by atoms with Crippen molar-refractivity contribution in [3.05, 3.63) is 35.9 Å². The molecule has 1 heterocycles. The van der Waals surface area contributed by atoms with E-state index in [0.717, 1.165) is 5.56 Å². The van der Waals surface area contributed by atoms with Crippen LogP contribution in [0.15, 0.2) is 30.3 Å². The Morgan fingerprint density at radius 1 is 1.50 bits per heavy atom. The van der Waals surface area contributed by atoms with E-state index in [2.05, 4.69) is 5.32 Å². The van der Waals surface area contributed by atoms with Gasteiger partial charge in [0, 0.05) is 13.1 Å². The minimum absolute atomic E-state index is 0.0215. The maximum atomic E-state index is 11.7. The van der Waals surface area contributed by atoms with E-state index in [-0.39, 0.29) is 18.1 Å². The third-order valence-corrected chi connectivity index (χ3v) is 3.04. The number of nitrogens with zero attached hydrogens (tertiary/aromatic N) is 1. The number of carbonyl (C=O) groups is 1. The fourth-order valence-corrected chi connectivity index (χ4v) is 2.00. The molecule has 1 aliphatic heterocycles. The molecule has 86 valence electrons. The molecule has 2 unspecified atom stereocenters. The summed E-state index contributed by atoms with van der Waals surface area (Å²) in [6, 6.07) is 10.2. The lowest BCUT2D eigenvalue weighted by molar-refractivity contribution is 0.202. The van der Waals surface area contributed by atoms with Crippen molar-refractivity contribution in [2.75, 3.05) is 13.1 Å². The molecule has 0 aromatic heterocycles. The Hall–Kier alpha value is -1.55. The van der Waals surface area contributed by atoms with Gasteiger partial charge in [-0.25, -0.2) is 4.79 Å². The van der Waals surface area contributed by atoms with Gasteiger partial charge in [0.05, 0.1) is 12.1 Å². The number of hydrogen-bond donors (Lipinski definition) is 2. The Labute approximate surface area is 95.4 Å². The lowest BCUT2D eigenvalue weighted by atomic mass is 10.1. The molecule has 2 atom stereocenters. The van der Waals surface area contributed by atoms with E-state index in [1.807, 2.05) is 42.2 Å². The SMILES string of the molecule is CC(c1ccccc1)N1CC(CN)NC1=O. The highest BCUT2D eigenvalue weighted by Crippen LogP contribution is 2.22. The fourth-order valence-electron chi connectivity index (χ4n) is 2.00. The molecule has 1 aliphatic rings. The first kappa shape index (κ1) is 11.0. The number of urea groups is 1. The summed E-state index contributed by atoms with van der Waals surface area (Å²) >= 11 is 0. The van der Waals surface area contributed by atoms with Crippen LogP contribution in [-0.4, -0.2) is 30.1 Å². The number of benzene rings is 1. The largest absolute Gasteiger partial charge is 0.332 e. The van der Waals surface area contributed by atoms with Crippen molar-refractivity contribution < 1.29 is 4.79 Å². The van der Waals surface area contributed by atoms with Crippen LogP contribution in [0.25, 0.3) is 0 Å². The number of amides is 2. The van der Waals surface area contributed by atoms with E-state index < -0.39 is 0 Å². The van der Waals surface area contributed by atoms with Gasteiger partial charge in [-0.05, 0) is 12.5 Å². The molecular weight excluding hydrogens is 202 g/mol. The first-order valence-corrected chi connectivity index (χ1v) is 5.54. The van der Waals surface area contributed by atoms with Crippen molar-refractivity contribution in [3.8, 4) is 0 Å². The van der Waals surface area contributed by atoms with E-state index >= 15 is 0 Å².